The number of rotatable bonds is 3. The minimum Gasteiger partial charge on any atom is -0.336 e. The van der Waals surface area contributed by atoms with E-state index in [1.165, 1.54) is 10.8 Å². The summed E-state index contributed by atoms with van der Waals surface area (Å²) in [6.45, 7) is 4.62. The SMILES string of the molecule is CC(NC(=O)N1CC(N2CCNC2=O)C1)c1ccc2ccccc2c1. The highest BCUT2D eigenvalue weighted by molar-refractivity contribution is 5.83. The molecule has 6 nitrogen and oxygen atoms in total. The van der Waals surface area contributed by atoms with Gasteiger partial charge in [-0.3, -0.25) is 0 Å². The van der Waals surface area contributed by atoms with Crippen LogP contribution in [0.4, 0.5) is 9.59 Å². The molecule has 0 aromatic heterocycles. The quantitative estimate of drug-likeness (QED) is 0.902. The van der Waals surface area contributed by atoms with Crippen LogP contribution in [0.25, 0.3) is 10.8 Å². The van der Waals surface area contributed by atoms with Crippen LogP contribution < -0.4 is 10.6 Å². The minimum absolute atomic E-state index is 0.0189. The number of hydrogen-bond donors (Lipinski definition) is 2. The van der Waals surface area contributed by atoms with Crippen LogP contribution in [-0.2, 0) is 0 Å². The van der Waals surface area contributed by atoms with E-state index in [4.69, 9.17) is 0 Å². The van der Waals surface area contributed by atoms with Gasteiger partial charge in [0.15, 0.2) is 0 Å². The first-order valence-electron chi connectivity index (χ1n) is 8.70. The van der Waals surface area contributed by atoms with E-state index in [1.54, 1.807) is 4.90 Å². The Morgan fingerprint density at radius 1 is 1.20 bits per heavy atom. The van der Waals surface area contributed by atoms with Gasteiger partial charge < -0.3 is 20.4 Å². The van der Waals surface area contributed by atoms with Crippen LogP contribution in [-0.4, -0.2) is 54.1 Å². The highest BCUT2D eigenvalue weighted by Gasteiger charge is 2.38. The lowest BCUT2D eigenvalue weighted by Gasteiger charge is -2.43. The van der Waals surface area contributed by atoms with E-state index in [-0.39, 0.29) is 24.1 Å². The molecule has 4 amide bonds. The zero-order chi connectivity index (χ0) is 17.4. The number of nitrogens with one attached hydrogen (secondary N) is 2. The predicted octanol–water partition coefficient (Wildman–Crippen LogP) is 2.32. The van der Waals surface area contributed by atoms with Gasteiger partial charge in [0.05, 0.1) is 12.1 Å². The fraction of sp³-hybridized carbons (Fsp3) is 0.368. The molecule has 1 atom stereocenters. The third-order valence-electron chi connectivity index (χ3n) is 5.09. The third-order valence-corrected chi connectivity index (χ3v) is 5.09. The lowest BCUT2D eigenvalue weighted by atomic mass is 10.0. The van der Waals surface area contributed by atoms with Crippen molar-refractivity contribution in [2.45, 2.75) is 19.0 Å². The molecule has 130 valence electrons. The first kappa shape index (κ1) is 15.7. The molecule has 2 fully saturated rings. The van der Waals surface area contributed by atoms with Crippen molar-refractivity contribution < 1.29 is 9.59 Å². The van der Waals surface area contributed by atoms with Crippen LogP contribution >= 0.6 is 0 Å². The molecule has 2 aromatic carbocycles. The molecular weight excluding hydrogens is 316 g/mol. The summed E-state index contributed by atoms with van der Waals surface area (Å²) in [4.78, 5) is 27.6. The molecule has 0 saturated carbocycles. The number of fused-ring (bicyclic) bond motifs is 1. The average Bonchev–Trinajstić information content (AvgIpc) is 2.99. The lowest BCUT2D eigenvalue weighted by molar-refractivity contribution is 0.0847. The van der Waals surface area contributed by atoms with Crippen molar-refractivity contribution in [2.24, 2.45) is 0 Å². The van der Waals surface area contributed by atoms with Crippen LogP contribution in [0.3, 0.4) is 0 Å². The number of likely N-dealkylation sites (tertiary alicyclic amines) is 1. The smallest absolute Gasteiger partial charge is 0.318 e. The normalized spacial score (nSPS) is 18.8. The number of carbonyl (C=O) groups is 2. The summed E-state index contributed by atoms with van der Waals surface area (Å²) in [5.41, 5.74) is 1.09. The summed E-state index contributed by atoms with van der Waals surface area (Å²) in [5, 5.41) is 8.22. The molecule has 25 heavy (non-hydrogen) atoms. The largest absolute Gasteiger partial charge is 0.336 e. The Morgan fingerprint density at radius 3 is 2.68 bits per heavy atom. The van der Waals surface area contributed by atoms with E-state index >= 15 is 0 Å². The van der Waals surface area contributed by atoms with Gasteiger partial charge >= 0.3 is 12.1 Å². The van der Waals surface area contributed by atoms with Gasteiger partial charge in [-0.2, -0.15) is 0 Å². The predicted molar refractivity (Wildman–Crippen MR) is 96.4 cm³/mol. The van der Waals surface area contributed by atoms with Gasteiger partial charge in [-0.05, 0) is 29.3 Å². The van der Waals surface area contributed by atoms with E-state index in [0.29, 0.717) is 19.6 Å². The van der Waals surface area contributed by atoms with Gasteiger partial charge in [0.2, 0.25) is 0 Å². The molecule has 0 spiro atoms. The van der Waals surface area contributed by atoms with Gasteiger partial charge in [0.1, 0.15) is 0 Å². The standard InChI is InChI=1S/C19H22N4O2/c1-13(15-7-6-14-4-2-3-5-16(14)10-15)21-19(25)22-11-17(12-22)23-9-8-20-18(23)24/h2-7,10,13,17H,8-9,11-12H2,1H3,(H,20,24)(H,21,25). The molecule has 2 aromatic rings. The summed E-state index contributed by atoms with van der Waals surface area (Å²) in [6, 6.07) is 14.4. The Hall–Kier alpha value is -2.76. The molecule has 6 heteroatoms. The van der Waals surface area contributed by atoms with Crippen molar-refractivity contribution in [2.75, 3.05) is 26.2 Å². The summed E-state index contributed by atoms with van der Waals surface area (Å²) < 4.78 is 0. The fourth-order valence-corrected chi connectivity index (χ4v) is 3.49. The van der Waals surface area contributed by atoms with Crippen molar-refractivity contribution in [3.05, 3.63) is 48.0 Å². The summed E-state index contributed by atoms with van der Waals surface area (Å²) in [7, 11) is 0. The number of benzene rings is 2. The maximum absolute atomic E-state index is 12.4. The monoisotopic (exact) mass is 338 g/mol. The molecule has 1 unspecified atom stereocenters. The lowest BCUT2D eigenvalue weighted by Crippen LogP contribution is -2.63. The van der Waals surface area contributed by atoms with Crippen LogP contribution in [0.5, 0.6) is 0 Å². The van der Waals surface area contributed by atoms with Gasteiger partial charge in [-0.25, -0.2) is 9.59 Å². The molecular formula is C19H22N4O2. The van der Waals surface area contributed by atoms with Gasteiger partial charge in [-0.15, -0.1) is 0 Å². The van der Waals surface area contributed by atoms with E-state index in [2.05, 4.69) is 41.0 Å². The molecule has 0 bridgehead atoms. The fourth-order valence-electron chi connectivity index (χ4n) is 3.49. The van der Waals surface area contributed by atoms with E-state index in [9.17, 15) is 9.59 Å². The molecule has 0 radical (unpaired) electrons. The summed E-state index contributed by atoms with van der Waals surface area (Å²) >= 11 is 0. The first-order valence-corrected chi connectivity index (χ1v) is 8.70. The second kappa shape index (κ2) is 6.27. The Balaban J connectivity index is 1.35. The average molecular weight is 338 g/mol. The van der Waals surface area contributed by atoms with Crippen LogP contribution in [0.2, 0.25) is 0 Å². The van der Waals surface area contributed by atoms with Gasteiger partial charge in [-0.1, -0.05) is 36.4 Å². The zero-order valence-corrected chi connectivity index (χ0v) is 14.2. The van der Waals surface area contributed by atoms with E-state index < -0.39 is 0 Å². The first-order chi connectivity index (χ1) is 12.1. The highest BCUT2D eigenvalue weighted by atomic mass is 16.2. The van der Waals surface area contributed by atoms with Crippen molar-refractivity contribution in [3.8, 4) is 0 Å². The Labute approximate surface area is 146 Å². The second-order valence-electron chi connectivity index (χ2n) is 6.76. The van der Waals surface area contributed by atoms with Gasteiger partial charge in [0, 0.05) is 26.2 Å². The Kier molecular flexibility index (Phi) is 3.95. The molecule has 2 aliphatic heterocycles. The highest BCUT2D eigenvalue weighted by Crippen LogP contribution is 2.22. The number of carbonyl (C=O) groups excluding carboxylic acids is 2. The molecule has 2 aliphatic rings. The van der Waals surface area contributed by atoms with Crippen molar-refractivity contribution >= 4 is 22.8 Å². The second-order valence-corrected chi connectivity index (χ2v) is 6.76. The molecule has 2 N–H and O–H groups in total. The number of amides is 4. The zero-order valence-electron chi connectivity index (χ0n) is 14.2. The van der Waals surface area contributed by atoms with Crippen LogP contribution in [0.1, 0.15) is 18.5 Å². The Morgan fingerprint density at radius 2 is 1.96 bits per heavy atom. The van der Waals surface area contributed by atoms with Crippen molar-refractivity contribution in [3.63, 3.8) is 0 Å². The topological polar surface area (TPSA) is 64.7 Å². The molecule has 0 aliphatic carbocycles. The van der Waals surface area contributed by atoms with Crippen molar-refractivity contribution in [1.82, 2.24) is 20.4 Å². The Bertz CT molecular complexity index is 816. The summed E-state index contributed by atoms with van der Waals surface area (Å²) in [5.74, 6) is 0. The third kappa shape index (κ3) is 2.99. The molecule has 2 saturated heterocycles. The maximum Gasteiger partial charge on any atom is 0.318 e. The molecule has 4 rings (SSSR count). The number of urea groups is 2. The minimum atomic E-state index is -0.0727. The van der Waals surface area contributed by atoms with E-state index in [0.717, 1.165) is 12.1 Å². The molecule has 2 heterocycles. The summed E-state index contributed by atoms with van der Waals surface area (Å²) in [6.07, 6.45) is 0. The van der Waals surface area contributed by atoms with E-state index in [1.807, 2.05) is 24.0 Å². The number of nitrogens with zero attached hydrogens (tertiary/aromatic N) is 2. The van der Waals surface area contributed by atoms with Crippen LogP contribution in [0, 0.1) is 0 Å². The number of hydrogen-bond acceptors (Lipinski definition) is 2. The van der Waals surface area contributed by atoms with Gasteiger partial charge in [0.25, 0.3) is 0 Å². The maximum atomic E-state index is 12.4. The van der Waals surface area contributed by atoms with Crippen LogP contribution in [0.15, 0.2) is 42.5 Å². The van der Waals surface area contributed by atoms with Crippen molar-refractivity contribution in [1.29, 1.82) is 0 Å².